The summed E-state index contributed by atoms with van der Waals surface area (Å²) in [6, 6.07) is 8.89. The van der Waals surface area contributed by atoms with Gasteiger partial charge < -0.3 is 14.8 Å². The van der Waals surface area contributed by atoms with Crippen molar-refractivity contribution in [1.82, 2.24) is 5.32 Å². The van der Waals surface area contributed by atoms with Crippen LogP contribution in [0.4, 0.5) is 0 Å². The molecule has 1 heterocycles. The van der Waals surface area contributed by atoms with E-state index in [2.05, 4.69) is 5.32 Å². The molecule has 1 unspecified atom stereocenters. The average Bonchev–Trinajstić information content (AvgIpc) is 3.09. The SMILES string of the molecule is CC(=O)c1cc(C(=O)N[C@H]2CC[C@H](O)CC2)c(C(C)c2ccc(Cl)cc2)o1. The van der Waals surface area contributed by atoms with Crippen molar-refractivity contribution in [2.24, 2.45) is 0 Å². The highest BCUT2D eigenvalue weighted by Gasteiger charge is 2.27. The van der Waals surface area contributed by atoms with E-state index in [0.717, 1.165) is 18.4 Å². The van der Waals surface area contributed by atoms with Gasteiger partial charge in [0.15, 0.2) is 11.5 Å². The van der Waals surface area contributed by atoms with Crippen LogP contribution in [0.25, 0.3) is 0 Å². The van der Waals surface area contributed by atoms with E-state index in [0.29, 0.717) is 29.2 Å². The van der Waals surface area contributed by atoms with Gasteiger partial charge in [-0.2, -0.15) is 0 Å². The Hall–Kier alpha value is -2.11. The molecule has 1 saturated carbocycles. The first-order chi connectivity index (χ1) is 12.8. The van der Waals surface area contributed by atoms with Crippen LogP contribution >= 0.6 is 11.6 Å². The lowest BCUT2D eigenvalue weighted by Crippen LogP contribution is -2.38. The van der Waals surface area contributed by atoms with Gasteiger partial charge in [-0.05, 0) is 43.4 Å². The second-order valence-corrected chi connectivity index (χ2v) is 7.63. The summed E-state index contributed by atoms with van der Waals surface area (Å²) in [4.78, 5) is 24.7. The molecule has 0 bridgehead atoms. The van der Waals surface area contributed by atoms with Gasteiger partial charge in [-0.3, -0.25) is 9.59 Å². The smallest absolute Gasteiger partial charge is 0.255 e. The largest absolute Gasteiger partial charge is 0.456 e. The van der Waals surface area contributed by atoms with Gasteiger partial charge in [-0.15, -0.1) is 0 Å². The molecule has 5 nitrogen and oxygen atoms in total. The van der Waals surface area contributed by atoms with Gasteiger partial charge in [0.25, 0.3) is 5.91 Å². The number of carbonyl (C=O) groups is 2. The van der Waals surface area contributed by atoms with Crippen LogP contribution in [0.3, 0.4) is 0 Å². The number of aliphatic hydroxyl groups excluding tert-OH is 1. The molecule has 1 aromatic carbocycles. The standard InChI is InChI=1S/C21H24ClNO4/c1-12(14-3-5-15(22)6-4-14)20-18(11-19(27-20)13(2)24)21(26)23-16-7-9-17(25)10-8-16/h3-6,11-12,16-17,25H,7-10H2,1-2H3,(H,23,26)/t12?,16-,17-. The van der Waals surface area contributed by atoms with Crippen LogP contribution in [0.5, 0.6) is 0 Å². The van der Waals surface area contributed by atoms with E-state index in [1.807, 2.05) is 19.1 Å². The number of nitrogens with one attached hydrogen (secondary N) is 1. The minimum Gasteiger partial charge on any atom is -0.456 e. The molecular formula is C21H24ClNO4. The molecule has 144 valence electrons. The maximum Gasteiger partial charge on any atom is 0.255 e. The number of rotatable bonds is 5. The van der Waals surface area contributed by atoms with E-state index in [9.17, 15) is 14.7 Å². The predicted octanol–water partition coefficient (Wildman–Crippen LogP) is 4.32. The summed E-state index contributed by atoms with van der Waals surface area (Å²) in [5.74, 6) is -0.0296. The molecule has 0 aliphatic heterocycles. The Morgan fingerprint density at radius 2 is 1.81 bits per heavy atom. The Morgan fingerprint density at radius 3 is 2.41 bits per heavy atom. The molecule has 1 atom stereocenters. The molecular weight excluding hydrogens is 366 g/mol. The maximum atomic E-state index is 12.9. The molecule has 0 radical (unpaired) electrons. The number of ketones is 1. The number of Topliss-reactive ketones (excluding diaryl/α,β-unsaturated/α-hetero) is 1. The number of carbonyl (C=O) groups excluding carboxylic acids is 2. The predicted molar refractivity (Wildman–Crippen MR) is 103 cm³/mol. The fourth-order valence-corrected chi connectivity index (χ4v) is 3.59. The molecule has 6 heteroatoms. The monoisotopic (exact) mass is 389 g/mol. The highest BCUT2D eigenvalue weighted by Crippen LogP contribution is 2.31. The van der Waals surface area contributed by atoms with E-state index in [1.54, 1.807) is 12.1 Å². The van der Waals surface area contributed by atoms with Crippen LogP contribution < -0.4 is 5.32 Å². The molecule has 1 aliphatic rings. The normalized spacial score (nSPS) is 20.9. The number of benzene rings is 1. The van der Waals surface area contributed by atoms with Crippen LogP contribution in [0.2, 0.25) is 5.02 Å². The number of hydrogen-bond acceptors (Lipinski definition) is 4. The van der Waals surface area contributed by atoms with Gasteiger partial charge in [0.05, 0.1) is 11.7 Å². The molecule has 3 rings (SSSR count). The molecule has 1 fully saturated rings. The lowest BCUT2D eigenvalue weighted by Gasteiger charge is -2.26. The van der Waals surface area contributed by atoms with Crippen LogP contribution in [-0.4, -0.2) is 28.9 Å². The minimum atomic E-state index is -0.281. The topological polar surface area (TPSA) is 79.5 Å². The van der Waals surface area contributed by atoms with Gasteiger partial charge in [-0.25, -0.2) is 0 Å². The molecule has 27 heavy (non-hydrogen) atoms. The third-order valence-electron chi connectivity index (χ3n) is 5.15. The number of halogens is 1. The van der Waals surface area contributed by atoms with Crippen LogP contribution in [0, 0.1) is 0 Å². The van der Waals surface area contributed by atoms with Gasteiger partial charge >= 0.3 is 0 Å². The van der Waals surface area contributed by atoms with Crippen LogP contribution in [0.15, 0.2) is 34.7 Å². The lowest BCUT2D eigenvalue weighted by molar-refractivity contribution is 0.0865. The van der Waals surface area contributed by atoms with E-state index in [4.69, 9.17) is 16.0 Å². The summed E-state index contributed by atoms with van der Waals surface area (Å²) in [6.45, 7) is 3.35. The van der Waals surface area contributed by atoms with Crippen LogP contribution in [-0.2, 0) is 0 Å². The van der Waals surface area contributed by atoms with Crippen LogP contribution in [0.1, 0.15) is 77.7 Å². The Morgan fingerprint density at radius 1 is 1.19 bits per heavy atom. The Labute approximate surface area is 163 Å². The highest BCUT2D eigenvalue weighted by molar-refractivity contribution is 6.30. The first kappa shape index (κ1) is 19.6. The summed E-state index contributed by atoms with van der Waals surface area (Å²) >= 11 is 5.96. The van der Waals surface area contributed by atoms with Crippen molar-refractivity contribution in [2.45, 2.75) is 57.6 Å². The number of furan rings is 1. The summed E-state index contributed by atoms with van der Waals surface area (Å²) in [6.07, 6.45) is 2.57. The van der Waals surface area contributed by atoms with E-state index in [-0.39, 0.29) is 35.5 Å². The zero-order valence-electron chi connectivity index (χ0n) is 15.5. The zero-order chi connectivity index (χ0) is 19.6. The summed E-state index contributed by atoms with van der Waals surface area (Å²) < 4.78 is 5.77. The fourth-order valence-electron chi connectivity index (χ4n) is 3.46. The van der Waals surface area contributed by atoms with E-state index in [1.165, 1.54) is 13.0 Å². The van der Waals surface area contributed by atoms with Gasteiger partial charge in [-0.1, -0.05) is 30.7 Å². The Balaban J connectivity index is 1.86. The summed E-state index contributed by atoms with van der Waals surface area (Å²) in [5.41, 5.74) is 1.33. The van der Waals surface area contributed by atoms with Crippen molar-refractivity contribution in [2.75, 3.05) is 0 Å². The van der Waals surface area contributed by atoms with Crippen molar-refractivity contribution in [3.05, 3.63) is 58.0 Å². The molecule has 2 N–H and O–H groups in total. The summed E-state index contributed by atoms with van der Waals surface area (Å²) in [5, 5.41) is 13.3. The van der Waals surface area contributed by atoms with Gasteiger partial charge in [0.2, 0.25) is 0 Å². The Bertz CT molecular complexity index is 819. The second kappa shape index (κ2) is 8.28. The maximum absolute atomic E-state index is 12.9. The highest BCUT2D eigenvalue weighted by atomic mass is 35.5. The van der Waals surface area contributed by atoms with Gasteiger partial charge in [0, 0.05) is 30.0 Å². The zero-order valence-corrected chi connectivity index (χ0v) is 16.3. The van der Waals surface area contributed by atoms with Gasteiger partial charge in [0.1, 0.15) is 5.76 Å². The molecule has 2 aromatic rings. The van der Waals surface area contributed by atoms with Crippen molar-refractivity contribution < 1.29 is 19.1 Å². The quantitative estimate of drug-likeness (QED) is 0.746. The van der Waals surface area contributed by atoms with E-state index < -0.39 is 0 Å². The fraction of sp³-hybridized carbons (Fsp3) is 0.429. The minimum absolute atomic E-state index is 0.0234. The molecule has 0 spiro atoms. The van der Waals surface area contributed by atoms with E-state index >= 15 is 0 Å². The molecule has 1 aliphatic carbocycles. The van der Waals surface area contributed by atoms with Crippen molar-refractivity contribution in [3.8, 4) is 0 Å². The van der Waals surface area contributed by atoms with Crippen molar-refractivity contribution in [1.29, 1.82) is 0 Å². The van der Waals surface area contributed by atoms with Crippen molar-refractivity contribution >= 4 is 23.3 Å². The number of hydrogen-bond donors (Lipinski definition) is 2. The third-order valence-corrected chi connectivity index (χ3v) is 5.40. The molecule has 0 saturated heterocycles. The average molecular weight is 390 g/mol. The second-order valence-electron chi connectivity index (χ2n) is 7.20. The third kappa shape index (κ3) is 4.60. The Kier molecular flexibility index (Phi) is 6.02. The number of amides is 1. The number of aliphatic hydroxyl groups is 1. The first-order valence-corrected chi connectivity index (χ1v) is 9.62. The molecule has 1 amide bonds. The first-order valence-electron chi connectivity index (χ1n) is 9.24. The molecule has 1 aromatic heterocycles. The lowest BCUT2D eigenvalue weighted by atomic mass is 9.92. The summed E-state index contributed by atoms with van der Waals surface area (Å²) in [7, 11) is 0. The van der Waals surface area contributed by atoms with Crippen molar-refractivity contribution in [3.63, 3.8) is 0 Å².